The highest BCUT2D eigenvalue weighted by molar-refractivity contribution is 6.30. The Balaban J connectivity index is 2.28. The predicted octanol–water partition coefficient (Wildman–Crippen LogP) is 3.99. The van der Waals surface area contributed by atoms with Gasteiger partial charge in [0.1, 0.15) is 23.1 Å². The van der Waals surface area contributed by atoms with E-state index in [0.29, 0.717) is 5.75 Å². The first kappa shape index (κ1) is 11.7. The van der Waals surface area contributed by atoms with E-state index in [4.69, 9.17) is 22.1 Å². The van der Waals surface area contributed by atoms with E-state index >= 15 is 0 Å². The molecule has 0 radical (unpaired) electrons. The van der Waals surface area contributed by atoms with Gasteiger partial charge in [-0.05, 0) is 18.2 Å². The van der Waals surface area contributed by atoms with Crippen LogP contribution in [0.2, 0.25) is 5.02 Å². The Morgan fingerprint density at radius 3 is 2.41 bits per heavy atom. The second kappa shape index (κ2) is 4.59. The number of rotatable bonds is 2. The second-order valence-corrected chi connectivity index (χ2v) is 3.81. The average molecular weight is 256 g/mol. The lowest BCUT2D eigenvalue weighted by Crippen LogP contribution is -1.90. The Kier molecular flexibility index (Phi) is 3.15. The van der Waals surface area contributed by atoms with E-state index in [0.717, 1.165) is 0 Å². The summed E-state index contributed by atoms with van der Waals surface area (Å²) in [6.07, 6.45) is 0. The Labute approximate surface area is 102 Å². The SMILES string of the molecule is Nc1cc(F)cc(Oc2ccc(F)c(Cl)c2)c1. The fourth-order valence-electron chi connectivity index (χ4n) is 1.32. The molecule has 17 heavy (non-hydrogen) atoms. The molecular weight excluding hydrogens is 248 g/mol. The molecule has 0 saturated carbocycles. The molecule has 2 N–H and O–H groups in total. The van der Waals surface area contributed by atoms with E-state index in [1.165, 1.54) is 36.4 Å². The third kappa shape index (κ3) is 2.85. The van der Waals surface area contributed by atoms with Gasteiger partial charge in [-0.25, -0.2) is 8.78 Å². The van der Waals surface area contributed by atoms with Gasteiger partial charge in [-0.15, -0.1) is 0 Å². The molecule has 2 aromatic rings. The van der Waals surface area contributed by atoms with Crippen LogP contribution in [0, 0.1) is 11.6 Å². The van der Waals surface area contributed by atoms with Crippen LogP contribution in [-0.2, 0) is 0 Å². The minimum absolute atomic E-state index is 0.0631. The highest BCUT2D eigenvalue weighted by atomic mass is 35.5. The fourth-order valence-corrected chi connectivity index (χ4v) is 1.49. The van der Waals surface area contributed by atoms with Crippen molar-refractivity contribution in [2.45, 2.75) is 0 Å². The van der Waals surface area contributed by atoms with Crippen molar-refractivity contribution in [3.63, 3.8) is 0 Å². The maximum Gasteiger partial charge on any atom is 0.142 e. The fraction of sp³-hybridized carbons (Fsp3) is 0. The molecule has 0 bridgehead atoms. The summed E-state index contributed by atoms with van der Waals surface area (Å²) in [7, 11) is 0. The molecule has 88 valence electrons. The second-order valence-electron chi connectivity index (χ2n) is 3.40. The monoisotopic (exact) mass is 255 g/mol. The minimum Gasteiger partial charge on any atom is -0.457 e. The van der Waals surface area contributed by atoms with Crippen molar-refractivity contribution in [1.82, 2.24) is 0 Å². The summed E-state index contributed by atoms with van der Waals surface area (Å²) in [5.41, 5.74) is 5.70. The van der Waals surface area contributed by atoms with Crippen molar-refractivity contribution in [3.8, 4) is 11.5 Å². The van der Waals surface area contributed by atoms with Crippen LogP contribution in [0.25, 0.3) is 0 Å². The van der Waals surface area contributed by atoms with E-state index in [9.17, 15) is 8.78 Å². The lowest BCUT2D eigenvalue weighted by Gasteiger charge is -2.07. The van der Waals surface area contributed by atoms with Gasteiger partial charge in [0.15, 0.2) is 0 Å². The van der Waals surface area contributed by atoms with Crippen LogP contribution in [0.3, 0.4) is 0 Å². The maximum atomic E-state index is 13.0. The summed E-state index contributed by atoms with van der Waals surface area (Å²) in [5.74, 6) is -0.516. The number of hydrogen-bond donors (Lipinski definition) is 1. The van der Waals surface area contributed by atoms with Crippen molar-refractivity contribution < 1.29 is 13.5 Å². The number of anilines is 1. The summed E-state index contributed by atoms with van der Waals surface area (Å²) >= 11 is 5.59. The molecule has 2 rings (SSSR count). The molecule has 2 aromatic carbocycles. The normalized spacial score (nSPS) is 10.3. The molecule has 0 saturated heterocycles. The van der Waals surface area contributed by atoms with Crippen LogP contribution in [0.5, 0.6) is 11.5 Å². The van der Waals surface area contributed by atoms with Gasteiger partial charge in [-0.2, -0.15) is 0 Å². The first-order chi connectivity index (χ1) is 8.04. The van der Waals surface area contributed by atoms with Gasteiger partial charge in [0.25, 0.3) is 0 Å². The first-order valence-electron chi connectivity index (χ1n) is 4.73. The molecule has 0 aliphatic heterocycles. The summed E-state index contributed by atoms with van der Waals surface area (Å²) in [6, 6.07) is 7.67. The van der Waals surface area contributed by atoms with Gasteiger partial charge >= 0.3 is 0 Å². The molecule has 0 amide bonds. The summed E-state index contributed by atoms with van der Waals surface area (Å²) < 4.78 is 31.2. The smallest absolute Gasteiger partial charge is 0.142 e. The number of hydrogen-bond acceptors (Lipinski definition) is 2. The third-order valence-electron chi connectivity index (χ3n) is 2.02. The van der Waals surface area contributed by atoms with Crippen LogP contribution >= 0.6 is 11.6 Å². The maximum absolute atomic E-state index is 13.0. The molecule has 5 heteroatoms. The molecular formula is C12H8ClF2NO. The Morgan fingerprint density at radius 2 is 1.76 bits per heavy atom. The third-order valence-corrected chi connectivity index (χ3v) is 2.31. The Morgan fingerprint density at radius 1 is 1.00 bits per heavy atom. The molecule has 0 unspecified atom stereocenters. The van der Waals surface area contributed by atoms with Gasteiger partial charge < -0.3 is 10.5 Å². The molecule has 0 aliphatic carbocycles. The highest BCUT2D eigenvalue weighted by Gasteiger charge is 2.04. The van der Waals surface area contributed by atoms with Gasteiger partial charge in [0.2, 0.25) is 0 Å². The largest absolute Gasteiger partial charge is 0.457 e. The van der Waals surface area contributed by atoms with Crippen molar-refractivity contribution in [3.05, 3.63) is 53.1 Å². The number of benzene rings is 2. The van der Waals surface area contributed by atoms with Gasteiger partial charge in [-0.1, -0.05) is 11.6 Å². The van der Waals surface area contributed by atoms with E-state index < -0.39 is 11.6 Å². The van der Waals surface area contributed by atoms with Crippen molar-refractivity contribution in [1.29, 1.82) is 0 Å². The number of nitrogen functional groups attached to an aromatic ring is 1. The predicted molar refractivity (Wildman–Crippen MR) is 62.3 cm³/mol. The molecule has 0 aliphatic rings. The minimum atomic E-state index is -0.544. The standard InChI is InChI=1S/C12H8ClF2NO/c13-11-6-9(1-2-12(11)15)17-10-4-7(14)3-8(16)5-10/h1-6H,16H2. The number of halogens is 3. The average Bonchev–Trinajstić information content (AvgIpc) is 2.22. The van der Waals surface area contributed by atoms with E-state index in [2.05, 4.69) is 0 Å². The van der Waals surface area contributed by atoms with Gasteiger partial charge in [0, 0.05) is 23.9 Å². The lowest BCUT2D eigenvalue weighted by molar-refractivity contribution is 0.475. The van der Waals surface area contributed by atoms with Crippen molar-refractivity contribution in [2.24, 2.45) is 0 Å². The van der Waals surface area contributed by atoms with Crippen LogP contribution in [-0.4, -0.2) is 0 Å². The summed E-state index contributed by atoms with van der Waals surface area (Å²) in [5, 5.41) is -0.0631. The molecule has 2 nitrogen and oxygen atoms in total. The quantitative estimate of drug-likeness (QED) is 0.824. The van der Waals surface area contributed by atoms with Gasteiger partial charge in [-0.3, -0.25) is 0 Å². The van der Waals surface area contributed by atoms with Crippen LogP contribution in [0.4, 0.5) is 14.5 Å². The number of ether oxygens (including phenoxy) is 1. The summed E-state index contributed by atoms with van der Waals surface area (Å²) in [6.45, 7) is 0. The zero-order valence-corrected chi connectivity index (χ0v) is 9.34. The van der Waals surface area contributed by atoms with Crippen LogP contribution in [0.1, 0.15) is 0 Å². The van der Waals surface area contributed by atoms with Gasteiger partial charge in [0.05, 0.1) is 5.02 Å². The van der Waals surface area contributed by atoms with Crippen LogP contribution in [0.15, 0.2) is 36.4 Å². The molecule has 0 fully saturated rings. The zero-order valence-electron chi connectivity index (χ0n) is 8.58. The Bertz CT molecular complexity index is 540. The summed E-state index contributed by atoms with van der Waals surface area (Å²) in [4.78, 5) is 0. The number of nitrogens with two attached hydrogens (primary N) is 1. The van der Waals surface area contributed by atoms with E-state index in [1.807, 2.05) is 0 Å². The van der Waals surface area contributed by atoms with E-state index in [1.54, 1.807) is 0 Å². The molecule has 0 atom stereocenters. The first-order valence-corrected chi connectivity index (χ1v) is 5.11. The van der Waals surface area contributed by atoms with Crippen molar-refractivity contribution >= 4 is 17.3 Å². The van der Waals surface area contributed by atoms with Crippen molar-refractivity contribution in [2.75, 3.05) is 5.73 Å². The Hall–Kier alpha value is -1.81. The van der Waals surface area contributed by atoms with Crippen LogP contribution < -0.4 is 10.5 Å². The highest BCUT2D eigenvalue weighted by Crippen LogP contribution is 2.27. The van der Waals surface area contributed by atoms with E-state index in [-0.39, 0.29) is 16.5 Å². The lowest BCUT2D eigenvalue weighted by atomic mass is 10.3. The molecule has 0 heterocycles. The topological polar surface area (TPSA) is 35.2 Å². The molecule has 0 spiro atoms. The zero-order chi connectivity index (χ0) is 12.4. The molecule has 0 aromatic heterocycles.